The van der Waals surface area contributed by atoms with Crippen molar-refractivity contribution < 1.29 is 0 Å². The highest BCUT2D eigenvalue weighted by atomic mass is 32.2. The molecule has 0 radical (unpaired) electrons. The maximum Gasteiger partial charge on any atom is 0.145 e. The second-order valence-corrected chi connectivity index (χ2v) is 6.01. The zero-order chi connectivity index (χ0) is 12.8. The van der Waals surface area contributed by atoms with Crippen LogP contribution in [0.3, 0.4) is 0 Å². The van der Waals surface area contributed by atoms with E-state index >= 15 is 0 Å². The number of nitrogens with zero attached hydrogens (tertiary/aromatic N) is 2. The fraction of sp³-hybridized carbons (Fsp3) is 0.667. The van der Waals surface area contributed by atoms with Gasteiger partial charge >= 0.3 is 0 Å². The zero-order valence-electron chi connectivity index (χ0n) is 10.8. The minimum Gasteiger partial charge on any atom is -0.369 e. The number of thioether (sulfide) groups is 1. The molecule has 0 aromatic carbocycles. The number of hydrogen-bond acceptors (Lipinski definition) is 6. The van der Waals surface area contributed by atoms with E-state index < -0.39 is 0 Å². The summed E-state index contributed by atoms with van der Waals surface area (Å²) in [4.78, 5) is 8.21. The summed E-state index contributed by atoms with van der Waals surface area (Å²) in [6, 6.07) is 1.83. The molecule has 18 heavy (non-hydrogen) atoms. The third-order valence-electron chi connectivity index (χ3n) is 3.60. The molecule has 6 heteroatoms. The van der Waals surface area contributed by atoms with E-state index in [1.165, 1.54) is 38.4 Å². The molecule has 4 N–H and O–H groups in total. The Bertz CT molecular complexity index is 378. The number of nitrogen functional groups attached to an aromatic ring is 1. The normalized spacial score (nSPS) is 18.3. The molecule has 5 nitrogen and oxygen atoms in total. The molecule has 0 amide bonds. The Morgan fingerprint density at radius 1 is 1.28 bits per heavy atom. The van der Waals surface area contributed by atoms with Crippen LogP contribution in [0.2, 0.25) is 0 Å². The van der Waals surface area contributed by atoms with Crippen LogP contribution in [0.25, 0.3) is 0 Å². The average Bonchev–Trinajstić information content (AvgIpc) is 2.46. The second kappa shape index (κ2) is 6.24. The second-order valence-electron chi connectivity index (χ2n) is 4.73. The molecule has 0 bridgehead atoms. The Morgan fingerprint density at radius 3 is 2.67 bits per heavy atom. The van der Waals surface area contributed by atoms with Crippen LogP contribution >= 0.6 is 11.8 Å². The molecule has 100 valence electrons. The van der Waals surface area contributed by atoms with Gasteiger partial charge in [0.05, 0.1) is 0 Å². The first kappa shape index (κ1) is 13.4. The van der Waals surface area contributed by atoms with Crippen molar-refractivity contribution in [2.24, 2.45) is 5.84 Å². The summed E-state index contributed by atoms with van der Waals surface area (Å²) >= 11 is 1.98. The lowest BCUT2D eigenvalue weighted by molar-refractivity contribution is 0.411. The van der Waals surface area contributed by atoms with Crippen molar-refractivity contribution >= 4 is 23.4 Å². The van der Waals surface area contributed by atoms with E-state index in [4.69, 9.17) is 5.84 Å². The van der Waals surface area contributed by atoms with Crippen LogP contribution in [0, 0.1) is 0 Å². The number of rotatable bonds is 5. The molecule has 0 aliphatic heterocycles. The van der Waals surface area contributed by atoms with Crippen LogP contribution in [0.5, 0.6) is 0 Å². The zero-order valence-corrected chi connectivity index (χ0v) is 11.6. The molecule has 0 unspecified atom stereocenters. The molecule has 1 heterocycles. The minimum absolute atomic E-state index is 0.361. The highest BCUT2D eigenvalue weighted by Gasteiger charge is 2.30. The van der Waals surface area contributed by atoms with Crippen LogP contribution in [-0.2, 0) is 0 Å². The van der Waals surface area contributed by atoms with Gasteiger partial charge in [0, 0.05) is 17.4 Å². The van der Waals surface area contributed by atoms with Crippen LogP contribution in [0.4, 0.5) is 11.6 Å². The lowest BCUT2D eigenvalue weighted by Gasteiger charge is -2.36. The summed E-state index contributed by atoms with van der Waals surface area (Å²) in [5.74, 6) is 6.80. The van der Waals surface area contributed by atoms with Gasteiger partial charge in [-0.1, -0.05) is 19.3 Å². The van der Waals surface area contributed by atoms with Gasteiger partial charge in [0.2, 0.25) is 0 Å². The summed E-state index contributed by atoms with van der Waals surface area (Å²) in [6.07, 6.45) is 10.3. The molecular formula is C12H21N5S. The van der Waals surface area contributed by atoms with Crippen molar-refractivity contribution in [3.63, 3.8) is 0 Å². The van der Waals surface area contributed by atoms with Gasteiger partial charge in [-0.2, -0.15) is 11.8 Å². The predicted molar refractivity (Wildman–Crippen MR) is 77.7 cm³/mol. The summed E-state index contributed by atoms with van der Waals surface area (Å²) in [5, 5.41) is 3.41. The predicted octanol–water partition coefficient (Wildman–Crippen LogP) is 2.24. The summed E-state index contributed by atoms with van der Waals surface area (Å²) < 4.78 is 0.361. The van der Waals surface area contributed by atoms with Crippen molar-refractivity contribution in [2.75, 3.05) is 23.5 Å². The van der Waals surface area contributed by atoms with Crippen LogP contribution in [-0.4, -0.2) is 27.5 Å². The van der Waals surface area contributed by atoms with E-state index in [0.29, 0.717) is 10.6 Å². The first-order valence-electron chi connectivity index (χ1n) is 6.36. The average molecular weight is 267 g/mol. The van der Waals surface area contributed by atoms with Crippen molar-refractivity contribution in [1.29, 1.82) is 0 Å². The lowest BCUT2D eigenvalue weighted by atomic mass is 9.88. The monoisotopic (exact) mass is 267 g/mol. The first-order valence-corrected chi connectivity index (χ1v) is 7.58. The summed E-state index contributed by atoms with van der Waals surface area (Å²) in [6.45, 7) is 0.954. The highest BCUT2D eigenvalue weighted by Crippen LogP contribution is 2.38. The van der Waals surface area contributed by atoms with Crippen LogP contribution in [0.1, 0.15) is 32.1 Å². The van der Waals surface area contributed by atoms with Gasteiger partial charge < -0.3 is 10.7 Å². The Hall–Kier alpha value is -1.01. The van der Waals surface area contributed by atoms with E-state index in [1.807, 2.05) is 17.8 Å². The van der Waals surface area contributed by atoms with E-state index in [9.17, 15) is 0 Å². The first-order chi connectivity index (χ1) is 8.78. The quantitative estimate of drug-likeness (QED) is 0.561. The lowest BCUT2D eigenvalue weighted by Crippen LogP contribution is -2.35. The van der Waals surface area contributed by atoms with Crippen LogP contribution in [0.15, 0.2) is 12.4 Å². The summed E-state index contributed by atoms with van der Waals surface area (Å²) in [5.41, 5.74) is 2.53. The van der Waals surface area contributed by atoms with Gasteiger partial charge in [0.15, 0.2) is 0 Å². The van der Waals surface area contributed by atoms with E-state index in [0.717, 1.165) is 12.4 Å². The van der Waals surface area contributed by atoms with Crippen molar-refractivity contribution in [2.45, 2.75) is 36.9 Å². The minimum atomic E-state index is 0.361. The number of nitrogens with one attached hydrogen (secondary N) is 2. The number of anilines is 2. The third-order valence-corrected chi connectivity index (χ3v) is 5.02. The van der Waals surface area contributed by atoms with Crippen LogP contribution < -0.4 is 16.6 Å². The van der Waals surface area contributed by atoms with Crippen molar-refractivity contribution in [1.82, 2.24) is 9.97 Å². The molecule has 0 saturated heterocycles. The van der Waals surface area contributed by atoms with Gasteiger partial charge in [0.1, 0.15) is 18.0 Å². The molecule has 1 saturated carbocycles. The molecule has 1 aromatic heterocycles. The fourth-order valence-electron chi connectivity index (χ4n) is 2.43. The molecule has 0 spiro atoms. The molecule has 2 rings (SSSR count). The Labute approximate surface area is 112 Å². The molecule has 0 atom stereocenters. The number of aromatic nitrogens is 2. The highest BCUT2D eigenvalue weighted by molar-refractivity contribution is 8.00. The third kappa shape index (κ3) is 3.26. The Morgan fingerprint density at radius 2 is 2.00 bits per heavy atom. The van der Waals surface area contributed by atoms with Gasteiger partial charge in [-0.25, -0.2) is 15.8 Å². The molecule has 1 aromatic rings. The SMILES string of the molecule is CSC1(CNc2cc(NN)ncn2)CCCCC1. The Kier molecular flexibility index (Phi) is 4.66. The largest absolute Gasteiger partial charge is 0.369 e. The number of nitrogens with two attached hydrogens (primary N) is 1. The van der Waals surface area contributed by atoms with E-state index in [1.54, 1.807) is 0 Å². The number of hydrogen-bond donors (Lipinski definition) is 3. The van der Waals surface area contributed by atoms with Gasteiger partial charge in [-0.05, 0) is 19.1 Å². The van der Waals surface area contributed by atoms with Gasteiger partial charge in [0.25, 0.3) is 0 Å². The maximum absolute atomic E-state index is 5.34. The molecular weight excluding hydrogens is 246 g/mol. The standard InChI is InChI=1S/C12H21N5S/c1-18-12(5-3-2-4-6-12)8-14-10-7-11(17-13)16-9-15-10/h7,9H,2-6,8,13H2,1H3,(H2,14,15,16,17). The van der Waals surface area contributed by atoms with Crippen molar-refractivity contribution in [3.8, 4) is 0 Å². The maximum atomic E-state index is 5.34. The molecule has 1 aliphatic carbocycles. The smallest absolute Gasteiger partial charge is 0.145 e. The van der Waals surface area contributed by atoms with E-state index in [-0.39, 0.29) is 0 Å². The molecule has 1 fully saturated rings. The topological polar surface area (TPSA) is 75.9 Å². The van der Waals surface area contributed by atoms with Crippen molar-refractivity contribution in [3.05, 3.63) is 12.4 Å². The summed E-state index contributed by atoms with van der Waals surface area (Å²) in [7, 11) is 0. The molecule has 1 aliphatic rings. The van der Waals surface area contributed by atoms with Gasteiger partial charge in [-0.15, -0.1) is 0 Å². The Balaban J connectivity index is 1.96. The fourth-order valence-corrected chi connectivity index (χ4v) is 3.35. The van der Waals surface area contributed by atoms with E-state index in [2.05, 4.69) is 27.0 Å². The number of hydrazine groups is 1. The van der Waals surface area contributed by atoms with Gasteiger partial charge in [-0.3, -0.25) is 0 Å².